The molecule has 0 spiro atoms. The Balaban J connectivity index is 1.85. The zero-order chi connectivity index (χ0) is 17.4. The van der Waals surface area contributed by atoms with Gasteiger partial charge in [0.05, 0.1) is 13.1 Å². The number of benzene rings is 1. The standard InChI is InChI=1S/C19H28N4O/c1-5-20-19(22-13-17-9-10-23(4)14-17)21-12-16(3)24-18-8-6-7-15(2)11-18/h6-11,14,16H,5,12-13H2,1-4H3,(H2,20,21,22). The SMILES string of the molecule is CCNC(=NCc1ccn(C)c1)NCC(C)Oc1cccc(C)c1. The summed E-state index contributed by atoms with van der Waals surface area (Å²) in [5.41, 5.74) is 2.39. The summed E-state index contributed by atoms with van der Waals surface area (Å²) < 4.78 is 7.97. The van der Waals surface area contributed by atoms with Crippen LogP contribution in [0.5, 0.6) is 5.75 Å². The summed E-state index contributed by atoms with van der Waals surface area (Å²) in [6.07, 6.45) is 4.16. The van der Waals surface area contributed by atoms with Crippen LogP contribution in [0.3, 0.4) is 0 Å². The van der Waals surface area contributed by atoms with Gasteiger partial charge in [-0.2, -0.15) is 0 Å². The van der Waals surface area contributed by atoms with E-state index in [0.29, 0.717) is 13.1 Å². The molecule has 2 N–H and O–H groups in total. The lowest BCUT2D eigenvalue weighted by Gasteiger charge is -2.18. The first kappa shape index (κ1) is 17.9. The molecule has 5 heteroatoms. The number of nitrogens with one attached hydrogen (secondary N) is 2. The average Bonchev–Trinajstić information content (AvgIpc) is 2.95. The minimum Gasteiger partial charge on any atom is -0.489 e. The molecule has 130 valence electrons. The Kier molecular flexibility index (Phi) is 6.73. The van der Waals surface area contributed by atoms with E-state index in [1.165, 1.54) is 11.1 Å². The lowest BCUT2D eigenvalue weighted by molar-refractivity contribution is 0.223. The molecule has 0 saturated heterocycles. The van der Waals surface area contributed by atoms with Crippen molar-refractivity contribution in [3.05, 3.63) is 53.9 Å². The monoisotopic (exact) mass is 328 g/mol. The van der Waals surface area contributed by atoms with Crippen LogP contribution < -0.4 is 15.4 Å². The van der Waals surface area contributed by atoms with E-state index in [9.17, 15) is 0 Å². The number of aryl methyl sites for hydroxylation is 2. The summed E-state index contributed by atoms with van der Waals surface area (Å²) in [6, 6.07) is 10.2. The average molecular weight is 328 g/mol. The number of aromatic nitrogens is 1. The highest BCUT2D eigenvalue weighted by atomic mass is 16.5. The number of aliphatic imine (C=N–C) groups is 1. The third-order valence-corrected chi connectivity index (χ3v) is 3.54. The van der Waals surface area contributed by atoms with Crippen LogP contribution in [0.2, 0.25) is 0 Å². The second-order valence-corrected chi connectivity index (χ2v) is 6.01. The first-order chi connectivity index (χ1) is 11.6. The molecule has 0 amide bonds. The van der Waals surface area contributed by atoms with Gasteiger partial charge in [-0.25, -0.2) is 4.99 Å². The molecular formula is C19H28N4O. The van der Waals surface area contributed by atoms with Gasteiger partial charge >= 0.3 is 0 Å². The second-order valence-electron chi connectivity index (χ2n) is 6.01. The summed E-state index contributed by atoms with van der Waals surface area (Å²) >= 11 is 0. The normalized spacial score (nSPS) is 12.8. The Morgan fingerprint density at radius 3 is 2.79 bits per heavy atom. The van der Waals surface area contributed by atoms with Gasteiger partial charge in [-0.1, -0.05) is 12.1 Å². The van der Waals surface area contributed by atoms with Gasteiger partial charge in [0.1, 0.15) is 11.9 Å². The molecule has 1 heterocycles. The number of rotatable bonds is 7. The van der Waals surface area contributed by atoms with Crippen molar-refractivity contribution >= 4 is 5.96 Å². The number of ether oxygens (including phenoxy) is 1. The zero-order valence-corrected chi connectivity index (χ0v) is 15.0. The van der Waals surface area contributed by atoms with E-state index >= 15 is 0 Å². The number of guanidine groups is 1. The molecule has 0 radical (unpaired) electrons. The molecule has 0 aliphatic heterocycles. The van der Waals surface area contributed by atoms with Crippen molar-refractivity contribution in [1.82, 2.24) is 15.2 Å². The van der Waals surface area contributed by atoms with Gasteiger partial charge in [-0.15, -0.1) is 0 Å². The van der Waals surface area contributed by atoms with Crippen molar-refractivity contribution < 1.29 is 4.74 Å². The van der Waals surface area contributed by atoms with Crippen molar-refractivity contribution in [3.63, 3.8) is 0 Å². The summed E-state index contributed by atoms with van der Waals surface area (Å²) in [6.45, 7) is 8.35. The van der Waals surface area contributed by atoms with Crippen molar-refractivity contribution in [3.8, 4) is 5.75 Å². The molecule has 1 unspecified atom stereocenters. The number of hydrogen-bond acceptors (Lipinski definition) is 2. The highest BCUT2D eigenvalue weighted by Crippen LogP contribution is 2.13. The van der Waals surface area contributed by atoms with Crippen molar-refractivity contribution in [2.45, 2.75) is 33.4 Å². The smallest absolute Gasteiger partial charge is 0.191 e. The molecule has 2 aromatic rings. The molecule has 1 aromatic heterocycles. The molecule has 2 rings (SSSR count). The van der Waals surface area contributed by atoms with E-state index in [0.717, 1.165) is 18.3 Å². The Morgan fingerprint density at radius 1 is 1.29 bits per heavy atom. The lowest BCUT2D eigenvalue weighted by Crippen LogP contribution is -2.41. The van der Waals surface area contributed by atoms with Gasteiger partial charge in [-0.05, 0) is 50.1 Å². The van der Waals surface area contributed by atoms with Crippen molar-refractivity contribution in [2.24, 2.45) is 12.0 Å². The van der Waals surface area contributed by atoms with Gasteiger partial charge in [0, 0.05) is 26.0 Å². The first-order valence-electron chi connectivity index (χ1n) is 8.43. The van der Waals surface area contributed by atoms with Crippen LogP contribution in [0.1, 0.15) is 25.0 Å². The van der Waals surface area contributed by atoms with E-state index in [2.05, 4.69) is 54.7 Å². The summed E-state index contributed by atoms with van der Waals surface area (Å²) in [5.74, 6) is 1.71. The number of nitrogens with zero attached hydrogens (tertiary/aromatic N) is 2. The Hall–Kier alpha value is -2.43. The van der Waals surface area contributed by atoms with Gasteiger partial charge in [-0.3, -0.25) is 0 Å². The predicted molar refractivity (Wildman–Crippen MR) is 99.5 cm³/mol. The largest absolute Gasteiger partial charge is 0.489 e. The van der Waals surface area contributed by atoms with Crippen LogP contribution >= 0.6 is 0 Å². The van der Waals surface area contributed by atoms with E-state index in [4.69, 9.17) is 4.74 Å². The van der Waals surface area contributed by atoms with Crippen LogP contribution in [0.25, 0.3) is 0 Å². The maximum atomic E-state index is 5.94. The van der Waals surface area contributed by atoms with Crippen molar-refractivity contribution in [2.75, 3.05) is 13.1 Å². The first-order valence-corrected chi connectivity index (χ1v) is 8.43. The lowest BCUT2D eigenvalue weighted by atomic mass is 10.2. The molecule has 0 aliphatic rings. The van der Waals surface area contributed by atoms with Crippen LogP contribution in [0, 0.1) is 6.92 Å². The fourth-order valence-electron chi connectivity index (χ4n) is 2.37. The topological polar surface area (TPSA) is 50.6 Å². The fourth-order valence-corrected chi connectivity index (χ4v) is 2.37. The molecule has 0 fully saturated rings. The summed E-state index contributed by atoms with van der Waals surface area (Å²) in [5, 5.41) is 6.60. The highest BCUT2D eigenvalue weighted by Gasteiger charge is 2.06. The van der Waals surface area contributed by atoms with Gasteiger partial charge in [0.25, 0.3) is 0 Å². The van der Waals surface area contributed by atoms with Crippen LogP contribution in [-0.2, 0) is 13.6 Å². The predicted octanol–water partition coefficient (Wildman–Crippen LogP) is 2.86. The molecule has 5 nitrogen and oxygen atoms in total. The van der Waals surface area contributed by atoms with E-state index < -0.39 is 0 Å². The van der Waals surface area contributed by atoms with Crippen molar-refractivity contribution in [1.29, 1.82) is 0 Å². The molecule has 1 aromatic carbocycles. The molecule has 24 heavy (non-hydrogen) atoms. The van der Waals surface area contributed by atoms with Gasteiger partial charge in [0.2, 0.25) is 0 Å². The fraction of sp³-hybridized carbons (Fsp3) is 0.421. The van der Waals surface area contributed by atoms with Crippen LogP contribution in [-0.4, -0.2) is 29.7 Å². The van der Waals surface area contributed by atoms with Crippen LogP contribution in [0.4, 0.5) is 0 Å². The maximum absolute atomic E-state index is 5.94. The quantitative estimate of drug-likeness (QED) is 0.607. The van der Waals surface area contributed by atoms with E-state index in [1.807, 2.05) is 36.0 Å². The highest BCUT2D eigenvalue weighted by molar-refractivity contribution is 5.79. The molecular weight excluding hydrogens is 300 g/mol. The van der Waals surface area contributed by atoms with Gasteiger partial charge in [0.15, 0.2) is 5.96 Å². The summed E-state index contributed by atoms with van der Waals surface area (Å²) in [4.78, 5) is 4.62. The molecule has 0 saturated carbocycles. The minimum atomic E-state index is 0.0485. The maximum Gasteiger partial charge on any atom is 0.191 e. The Bertz CT molecular complexity index is 663. The molecule has 0 aliphatic carbocycles. The number of hydrogen-bond donors (Lipinski definition) is 2. The van der Waals surface area contributed by atoms with E-state index in [1.54, 1.807) is 0 Å². The zero-order valence-electron chi connectivity index (χ0n) is 15.0. The molecule has 0 bridgehead atoms. The molecule has 1 atom stereocenters. The van der Waals surface area contributed by atoms with Crippen LogP contribution in [0.15, 0.2) is 47.7 Å². The Labute approximate surface area is 144 Å². The minimum absolute atomic E-state index is 0.0485. The third kappa shape index (κ3) is 5.99. The Morgan fingerprint density at radius 2 is 2.12 bits per heavy atom. The summed E-state index contributed by atoms with van der Waals surface area (Å²) in [7, 11) is 2.01. The second kappa shape index (κ2) is 9.01. The third-order valence-electron chi connectivity index (χ3n) is 3.54. The van der Waals surface area contributed by atoms with E-state index in [-0.39, 0.29) is 6.10 Å². The van der Waals surface area contributed by atoms with Gasteiger partial charge < -0.3 is 19.9 Å².